The van der Waals surface area contributed by atoms with E-state index in [-0.39, 0.29) is 0 Å². The molecule has 0 spiro atoms. The second-order valence-electron chi connectivity index (χ2n) is 2.94. The van der Waals surface area contributed by atoms with E-state index < -0.39 is 0 Å². The summed E-state index contributed by atoms with van der Waals surface area (Å²) in [5, 5.41) is 8.30. The van der Waals surface area contributed by atoms with Crippen LogP contribution in [0.25, 0.3) is 0 Å². The summed E-state index contributed by atoms with van der Waals surface area (Å²) in [6.45, 7) is 6.16. The van der Waals surface area contributed by atoms with Crippen molar-refractivity contribution in [3.8, 4) is 6.07 Å². The molecule has 1 nitrogen and oxygen atoms in total. The molecule has 11 heavy (non-hydrogen) atoms. The first kappa shape index (κ1) is 9.97. The molecule has 0 aromatic heterocycles. The van der Waals surface area contributed by atoms with E-state index in [2.05, 4.69) is 19.9 Å². The smallest absolute Gasteiger partial charge is 0.0911 e. The lowest BCUT2D eigenvalue weighted by atomic mass is 10.1. The van der Waals surface area contributed by atoms with Gasteiger partial charge in [0.2, 0.25) is 0 Å². The summed E-state index contributed by atoms with van der Waals surface area (Å²) >= 11 is 0. The minimum Gasteiger partial charge on any atom is -0.193 e. The first-order chi connectivity index (χ1) is 5.16. The second kappa shape index (κ2) is 5.73. The summed E-state index contributed by atoms with van der Waals surface area (Å²) in [4.78, 5) is 0. The fraction of sp³-hybridized carbons (Fsp3) is 0.500. The van der Waals surface area contributed by atoms with Crippen LogP contribution in [0.1, 0.15) is 33.6 Å². The van der Waals surface area contributed by atoms with Crippen LogP contribution in [0.3, 0.4) is 0 Å². The van der Waals surface area contributed by atoms with Gasteiger partial charge in [-0.3, -0.25) is 0 Å². The van der Waals surface area contributed by atoms with Crippen molar-refractivity contribution >= 4 is 0 Å². The van der Waals surface area contributed by atoms with Gasteiger partial charge in [0.15, 0.2) is 0 Å². The maximum Gasteiger partial charge on any atom is 0.0911 e. The normalized spacial score (nSPS) is 10.5. The Morgan fingerprint density at radius 3 is 2.45 bits per heavy atom. The first-order valence-electron chi connectivity index (χ1n) is 3.85. The van der Waals surface area contributed by atoms with Gasteiger partial charge in [-0.25, -0.2) is 0 Å². The third-order valence-electron chi connectivity index (χ3n) is 1.40. The van der Waals surface area contributed by atoms with Gasteiger partial charge in [0.05, 0.1) is 6.07 Å². The average Bonchev–Trinajstić information content (AvgIpc) is 1.87. The predicted molar refractivity (Wildman–Crippen MR) is 48.0 cm³/mol. The Morgan fingerprint density at radius 1 is 1.36 bits per heavy atom. The predicted octanol–water partition coefficient (Wildman–Crippen LogP) is 3.20. The number of hydrogen-bond donors (Lipinski definition) is 0. The van der Waals surface area contributed by atoms with E-state index in [1.165, 1.54) is 5.57 Å². The fourth-order valence-corrected chi connectivity index (χ4v) is 0.771. The zero-order valence-electron chi connectivity index (χ0n) is 7.52. The molecule has 0 aromatic rings. The molecule has 0 aliphatic heterocycles. The fourth-order valence-electron chi connectivity index (χ4n) is 0.771. The summed E-state index contributed by atoms with van der Waals surface area (Å²) < 4.78 is 0. The molecule has 0 bridgehead atoms. The van der Waals surface area contributed by atoms with Crippen LogP contribution in [0.5, 0.6) is 0 Å². The van der Waals surface area contributed by atoms with Gasteiger partial charge in [-0.15, -0.1) is 0 Å². The molecule has 0 saturated carbocycles. The van der Waals surface area contributed by atoms with E-state index in [0.29, 0.717) is 0 Å². The topological polar surface area (TPSA) is 23.8 Å². The largest absolute Gasteiger partial charge is 0.193 e. The molecule has 0 aliphatic rings. The Kier molecular flexibility index (Phi) is 5.20. The van der Waals surface area contributed by atoms with Crippen LogP contribution in [0.2, 0.25) is 0 Å². The quantitative estimate of drug-likeness (QED) is 0.446. The highest BCUT2D eigenvalue weighted by atomic mass is 14.2. The van der Waals surface area contributed by atoms with Crippen LogP contribution in [0.15, 0.2) is 23.3 Å². The van der Waals surface area contributed by atoms with Crippen molar-refractivity contribution < 1.29 is 0 Å². The Hall–Kier alpha value is -1.03. The Labute approximate surface area is 69.0 Å². The Morgan fingerprint density at radius 2 is 2.00 bits per heavy atom. The molecule has 0 atom stereocenters. The average molecular weight is 149 g/mol. The van der Waals surface area contributed by atoms with Gasteiger partial charge in [-0.1, -0.05) is 17.2 Å². The molecule has 60 valence electrons. The standard InChI is InChI=1S/C10H15N/c1-9(2)5-4-6-10(3)7-8-11/h5,7H,4,6H2,1-3H3/b10-7+. The third-order valence-corrected chi connectivity index (χ3v) is 1.40. The van der Waals surface area contributed by atoms with Crippen molar-refractivity contribution in [3.05, 3.63) is 23.3 Å². The van der Waals surface area contributed by atoms with Crippen LogP contribution >= 0.6 is 0 Å². The summed E-state index contributed by atoms with van der Waals surface area (Å²) in [5.41, 5.74) is 2.50. The maximum absolute atomic E-state index is 8.30. The van der Waals surface area contributed by atoms with Crippen molar-refractivity contribution in [2.24, 2.45) is 0 Å². The monoisotopic (exact) mass is 149 g/mol. The lowest BCUT2D eigenvalue weighted by Gasteiger charge is -1.94. The van der Waals surface area contributed by atoms with E-state index >= 15 is 0 Å². The molecule has 0 saturated heterocycles. The first-order valence-corrected chi connectivity index (χ1v) is 3.85. The van der Waals surface area contributed by atoms with Gasteiger partial charge < -0.3 is 0 Å². The number of hydrogen-bond acceptors (Lipinski definition) is 1. The van der Waals surface area contributed by atoms with Gasteiger partial charge in [0, 0.05) is 6.08 Å². The molecule has 0 radical (unpaired) electrons. The van der Waals surface area contributed by atoms with Crippen molar-refractivity contribution in [1.29, 1.82) is 5.26 Å². The number of nitrogens with zero attached hydrogens (tertiary/aromatic N) is 1. The molecule has 0 amide bonds. The van der Waals surface area contributed by atoms with E-state index in [1.54, 1.807) is 6.08 Å². The highest BCUT2D eigenvalue weighted by Gasteiger charge is 1.86. The molecule has 0 aromatic carbocycles. The van der Waals surface area contributed by atoms with Gasteiger partial charge in [-0.05, 0) is 33.6 Å². The van der Waals surface area contributed by atoms with Crippen molar-refractivity contribution in [2.75, 3.05) is 0 Å². The number of nitriles is 1. The van der Waals surface area contributed by atoms with E-state index in [1.807, 2.05) is 13.0 Å². The number of allylic oxidation sites excluding steroid dienone is 4. The molecular formula is C10H15N. The summed E-state index contributed by atoms with van der Waals surface area (Å²) in [6.07, 6.45) is 5.85. The Balaban J connectivity index is 3.65. The molecule has 0 rings (SSSR count). The summed E-state index contributed by atoms with van der Waals surface area (Å²) in [5.74, 6) is 0. The molecule has 1 heteroatoms. The number of rotatable bonds is 3. The van der Waals surface area contributed by atoms with E-state index in [0.717, 1.165) is 18.4 Å². The minimum atomic E-state index is 0.999. The van der Waals surface area contributed by atoms with Crippen molar-refractivity contribution in [3.63, 3.8) is 0 Å². The molecule has 0 aliphatic carbocycles. The highest BCUT2D eigenvalue weighted by molar-refractivity contribution is 5.11. The van der Waals surface area contributed by atoms with Crippen LogP contribution in [-0.2, 0) is 0 Å². The molecular weight excluding hydrogens is 134 g/mol. The van der Waals surface area contributed by atoms with Gasteiger partial charge in [0.1, 0.15) is 0 Å². The molecule has 0 heterocycles. The third kappa shape index (κ3) is 6.86. The molecule has 0 unspecified atom stereocenters. The summed E-state index contributed by atoms with van der Waals surface area (Å²) in [6, 6.07) is 2.02. The maximum atomic E-state index is 8.30. The van der Waals surface area contributed by atoms with Crippen molar-refractivity contribution in [1.82, 2.24) is 0 Å². The van der Waals surface area contributed by atoms with E-state index in [4.69, 9.17) is 5.26 Å². The van der Waals surface area contributed by atoms with Crippen LogP contribution in [-0.4, -0.2) is 0 Å². The lowest BCUT2D eigenvalue weighted by Crippen LogP contribution is -1.75. The van der Waals surface area contributed by atoms with Crippen LogP contribution in [0, 0.1) is 11.3 Å². The Bertz CT molecular complexity index is 199. The zero-order valence-corrected chi connectivity index (χ0v) is 7.52. The SMILES string of the molecule is CC(C)=CCC/C(C)=C/C#N. The molecule has 0 N–H and O–H groups in total. The van der Waals surface area contributed by atoms with Gasteiger partial charge in [-0.2, -0.15) is 5.26 Å². The molecule has 0 fully saturated rings. The highest BCUT2D eigenvalue weighted by Crippen LogP contribution is 2.05. The van der Waals surface area contributed by atoms with Gasteiger partial charge >= 0.3 is 0 Å². The minimum absolute atomic E-state index is 0.999. The van der Waals surface area contributed by atoms with Crippen molar-refractivity contribution in [2.45, 2.75) is 33.6 Å². The summed E-state index contributed by atoms with van der Waals surface area (Å²) in [7, 11) is 0. The zero-order chi connectivity index (χ0) is 8.69. The van der Waals surface area contributed by atoms with Gasteiger partial charge in [0.25, 0.3) is 0 Å². The lowest BCUT2D eigenvalue weighted by molar-refractivity contribution is 0.968. The van der Waals surface area contributed by atoms with E-state index in [9.17, 15) is 0 Å². The second-order valence-corrected chi connectivity index (χ2v) is 2.94. The van der Waals surface area contributed by atoms with Crippen LogP contribution < -0.4 is 0 Å². The van der Waals surface area contributed by atoms with Crippen LogP contribution in [0.4, 0.5) is 0 Å².